The molecular weight excluding hydrogens is 222 g/mol. The fourth-order valence-corrected chi connectivity index (χ4v) is 1.36. The normalized spacial score (nSPS) is 10.2. The first kappa shape index (κ1) is 11.1. The van der Waals surface area contributed by atoms with E-state index < -0.39 is 5.97 Å². The summed E-state index contributed by atoms with van der Waals surface area (Å²) in [5, 5.41) is 16.0. The predicted octanol–water partition coefficient (Wildman–Crippen LogP) is 0.520. The van der Waals surface area contributed by atoms with Crippen molar-refractivity contribution in [3.63, 3.8) is 0 Å². The Morgan fingerprint density at radius 3 is 3.06 bits per heavy atom. The number of anilines is 1. The third-order valence-electron chi connectivity index (χ3n) is 2.14. The Hall–Kier alpha value is -2.44. The number of aryl methyl sites for hydroxylation is 1. The number of nitrogens with zero attached hydrogens (tertiary/aromatic N) is 4. The Bertz CT molecular complexity index is 537. The first-order valence-corrected chi connectivity index (χ1v) is 4.92. The molecule has 2 rings (SSSR count). The van der Waals surface area contributed by atoms with E-state index in [1.54, 1.807) is 18.1 Å². The molecule has 0 bridgehead atoms. The molecule has 2 aromatic heterocycles. The highest BCUT2D eigenvalue weighted by Crippen LogP contribution is 2.13. The molecule has 2 heterocycles. The lowest BCUT2D eigenvalue weighted by atomic mass is 10.2. The molecule has 0 aromatic carbocycles. The standard InChI is InChI=1S/C10H11N5O2/c1-15-6-13-9(14-15)5-12-8-4-11-3-2-7(8)10(16)17/h2-4,6,12H,5H2,1H3,(H,16,17). The number of hydrogen-bond acceptors (Lipinski definition) is 5. The fraction of sp³-hybridized carbons (Fsp3) is 0.200. The molecule has 0 unspecified atom stereocenters. The van der Waals surface area contributed by atoms with E-state index in [1.807, 2.05) is 0 Å². The molecule has 0 spiro atoms. The van der Waals surface area contributed by atoms with Crippen LogP contribution in [0.25, 0.3) is 0 Å². The maximum Gasteiger partial charge on any atom is 0.337 e. The third-order valence-corrected chi connectivity index (χ3v) is 2.14. The third kappa shape index (κ3) is 2.57. The average Bonchev–Trinajstić information content (AvgIpc) is 2.73. The van der Waals surface area contributed by atoms with Gasteiger partial charge in [0.15, 0.2) is 5.82 Å². The summed E-state index contributed by atoms with van der Waals surface area (Å²) in [5.41, 5.74) is 0.628. The summed E-state index contributed by atoms with van der Waals surface area (Å²) < 4.78 is 1.58. The van der Waals surface area contributed by atoms with Gasteiger partial charge in [-0.2, -0.15) is 5.10 Å². The zero-order valence-electron chi connectivity index (χ0n) is 9.16. The molecule has 17 heavy (non-hydrogen) atoms. The van der Waals surface area contributed by atoms with Crippen molar-refractivity contribution in [2.75, 3.05) is 5.32 Å². The summed E-state index contributed by atoms with van der Waals surface area (Å²) in [6.07, 6.45) is 4.48. The minimum absolute atomic E-state index is 0.177. The summed E-state index contributed by atoms with van der Waals surface area (Å²) in [5.74, 6) is -0.406. The summed E-state index contributed by atoms with van der Waals surface area (Å²) in [7, 11) is 1.77. The molecule has 2 aromatic rings. The Morgan fingerprint density at radius 1 is 1.59 bits per heavy atom. The Balaban J connectivity index is 2.11. The van der Waals surface area contributed by atoms with Crippen molar-refractivity contribution in [1.82, 2.24) is 19.7 Å². The Morgan fingerprint density at radius 2 is 2.41 bits per heavy atom. The second-order valence-electron chi connectivity index (χ2n) is 3.41. The van der Waals surface area contributed by atoms with Crippen LogP contribution in [0.1, 0.15) is 16.2 Å². The van der Waals surface area contributed by atoms with Crippen molar-refractivity contribution in [2.45, 2.75) is 6.54 Å². The van der Waals surface area contributed by atoms with E-state index in [-0.39, 0.29) is 5.56 Å². The largest absolute Gasteiger partial charge is 0.478 e. The van der Waals surface area contributed by atoms with Gasteiger partial charge in [-0.25, -0.2) is 9.78 Å². The number of aromatic nitrogens is 4. The van der Waals surface area contributed by atoms with Gasteiger partial charge in [0.1, 0.15) is 6.33 Å². The molecule has 0 fully saturated rings. The van der Waals surface area contributed by atoms with E-state index in [0.717, 1.165) is 0 Å². The first-order chi connectivity index (χ1) is 8.16. The molecular formula is C10H11N5O2. The van der Waals surface area contributed by atoms with Crippen LogP contribution >= 0.6 is 0 Å². The molecule has 88 valence electrons. The monoisotopic (exact) mass is 233 g/mol. The topological polar surface area (TPSA) is 92.9 Å². The second-order valence-corrected chi connectivity index (χ2v) is 3.41. The fourth-order valence-electron chi connectivity index (χ4n) is 1.36. The number of hydrogen-bond donors (Lipinski definition) is 2. The van der Waals surface area contributed by atoms with Crippen molar-refractivity contribution in [3.05, 3.63) is 36.2 Å². The lowest BCUT2D eigenvalue weighted by molar-refractivity contribution is 0.0698. The molecule has 7 heteroatoms. The molecule has 0 saturated carbocycles. The number of nitrogens with one attached hydrogen (secondary N) is 1. The van der Waals surface area contributed by atoms with Crippen LogP contribution in [-0.4, -0.2) is 30.8 Å². The summed E-state index contributed by atoms with van der Waals surface area (Å²) >= 11 is 0. The van der Waals surface area contributed by atoms with Crippen molar-refractivity contribution in [1.29, 1.82) is 0 Å². The van der Waals surface area contributed by atoms with Gasteiger partial charge in [-0.3, -0.25) is 9.67 Å². The second kappa shape index (κ2) is 4.60. The molecule has 2 N–H and O–H groups in total. The molecule has 0 radical (unpaired) electrons. The minimum Gasteiger partial charge on any atom is -0.478 e. The van der Waals surface area contributed by atoms with Crippen LogP contribution < -0.4 is 5.32 Å². The van der Waals surface area contributed by atoms with Gasteiger partial charge < -0.3 is 10.4 Å². The molecule has 0 amide bonds. The lowest BCUT2D eigenvalue weighted by Gasteiger charge is -2.06. The summed E-state index contributed by atoms with van der Waals surface area (Å²) in [6.45, 7) is 0.354. The average molecular weight is 233 g/mol. The Labute approximate surface area is 97.1 Å². The molecule has 0 saturated heterocycles. The van der Waals surface area contributed by atoms with Crippen molar-refractivity contribution in [3.8, 4) is 0 Å². The highest BCUT2D eigenvalue weighted by atomic mass is 16.4. The van der Waals surface area contributed by atoms with E-state index in [2.05, 4.69) is 20.4 Å². The maximum atomic E-state index is 10.9. The van der Waals surface area contributed by atoms with E-state index in [9.17, 15) is 4.79 Å². The highest BCUT2D eigenvalue weighted by Gasteiger charge is 2.09. The molecule has 7 nitrogen and oxygen atoms in total. The first-order valence-electron chi connectivity index (χ1n) is 4.92. The van der Waals surface area contributed by atoms with Crippen LogP contribution in [0.2, 0.25) is 0 Å². The van der Waals surface area contributed by atoms with Gasteiger partial charge >= 0.3 is 5.97 Å². The van der Waals surface area contributed by atoms with E-state index in [4.69, 9.17) is 5.11 Å². The van der Waals surface area contributed by atoms with Gasteiger partial charge in [-0.05, 0) is 6.07 Å². The zero-order chi connectivity index (χ0) is 12.3. The molecule has 0 aliphatic rings. The van der Waals surface area contributed by atoms with Gasteiger partial charge in [0, 0.05) is 13.2 Å². The van der Waals surface area contributed by atoms with Crippen molar-refractivity contribution < 1.29 is 9.90 Å². The molecule has 0 aliphatic heterocycles. The lowest BCUT2D eigenvalue weighted by Crippen LogP contribution is -2.08. The smallest absolute Gasteiger partial charge is 0.337 e. The van der Waals surface area contributed by atoms with Crippen LogP contribution in [-0.2, 0) is 13.6 Å². The van der Waals surface area contributed by atoms with E-state index >= 15 is 0 Å². The minimum atomic E-state index is -0.996. The van der Waals surface area contributed by atoms with Crippen LogP contribution in [0, 0.1) is 0 Å². The summed E-state index contributed by atoms with van der Waals surface area (Å²) in [4.78, 5) is 18.8. The zero-order valence-corrected chi connectivity index (χ0v) is 9.16. The predicted molar refractivity (Wildman–Crippen MR) is 59.5 cm³/mol. The van der Waals surface area contributed by atoms with E-state index in [1.165, 1.54) is 18.5 Å². The van der Waals surface area contributed by atoms with Gasteiger partial charge in [0.25, 0.3) is 0 Å². The number of pyridine rings is 1. The summed E-state index contributed by atoms with van der Waals surface area (Å²) in [6, 6.07) is 1.44. The van der Waals surface area contributed by atoms with Crippen LogP contribution in [0.4, 0.5) is 5.69 Å². The quantitative estimate of drug-likeness (QED) is 0.799. The maximum absolute atomic E-state index is 10.9. The number of carboxylic acids is 1. The Kier molecular flexibility index (Phi) is 2.99. The molecule has 0 atom stereocenters. The van der Waals surface area contributed by atoms with Crippen molar-refractivity contribution >= 4 is 11.7 Å². The number of rotatable bonds is 4. The van der Waals surface area contributed by atoms with Crippen LogP contribution in [0.3, 0.4) is 0 Å². The van der Waals surface area contributed by atoms with Crippen LogP contribution in [0.15, 0.2) is 24.8 Å². The van der Waals surface area contributed by atoms with E-state index in [0.29, 0.717) is 18.1 Å². The van der Waals surface area contributed by atoms with Gasteiger partial charge in [-0.15, -0.1) is 0 Å². The van der Waals surface area contributed by atoms with Crippen molar-refractivity contribution in [2.24, 2.45) is 7.05 Å². The number of carboxylic acid groups (broad SMARTS) is 1. The molecule has 0 aliphatic carbocycles. The number of aromatic carboxylic acids is 1. The SMILES string of the molecule is Cn1cnc(CNc2cnccc2C(=O)O)n1. The van der Waals surface area contributed by atoms with Gasteiger partial charge in [0.2, 0.25) is 0 Å². The van der Waals surface area contributed by atoms with Gasteiger partial charge in [0.05, 0.1) is 24.0 Å². The number of carbonyl (C=O) groups is 1. The highest BCUT2D eigenvalue weighted by molar-refractivity contribution is 5.93. The van der Waals surface area contributed by atoms with Gasteiger partial charge in [-0.1, -0.05) is 0 Å². The van der Waals surface area contributed by atoms with Crippen LogP contribution in [0.5, 0.6) is 0 Å².